The molecule has 2 aromatic rings. The Balaban J connectivity index is 2.07. The average Bonchev–Trinajstić information content (AvgIpc) is 2.72. The molecule has 2 rings (SSSR count). The second-order valence-electron chi connectivity index (χ2n) is 6.69. The molecule has 0 bridgehead atoms. The number of benzene rings is 2. The van der Waals surface area contributed by atoms with Crippen molar-refractivity contribution in [3.8, 4) is 5.75 Å². The van der Waals surface area contributed by atoms with Crippen LogP contribution < -0.4 is 15.0 Å². The maximum Gasteiger partial charge on any atom is 0.419 e. The predicted octanol–water partition coefficient (Wildman–Crippen LogP) is 5.39. The van der Waals surface area contributed by atoms with Crippen molar-refractivity contribution in [1.82, 2.24) is 0 Å². The van der Waals surface area contributed by atoms with Crippen molar-refractivity contribution in [2.75, 3.05) is 36.6 Å². The van der Waals surface area contributed by atoms with Gasteiger partial charge in [0.15, 0.2) is 0 Å². The summed E-state index contributed by atoms with van der Waals surface area (Å²) in [6, 6.07) is 14.2. The standard InChI is InChI=1S/C23H30N2O5/c1-4-6-15-28-16-14-25(20-12-10-18(3)11-13-20)23(27)30-21-9-7-8-19(17-21)24-22(26)29-5-2/h7-13,17H,4-6,14-16H2,1-3H3,(H,24,26). The molecule has 0 aliphatic rings. The third-order valence-corrected chi connectivity index (χ3v) is 4.23. The second kappa shape index (κ2) is 12.5. The summed E-state index contributed by atoms with van der Waals surface area (Å²) in [5.74, 6) is 0.318. The van der Waals surface area contributed by atoms with Crippen LogP contribution in [-0.4, -0.2) is 38.6 Å². The van der Waals surface area contributed by atoms with E-state index in [4.69, 9.17) is 14.2 Å². The van der Waals surface area contributed by atoms with Gasteiger partial charge in [0.25, 0.3) is 0 Å². The van der Waals surface area contributed by atoms with E-state index in [9.17, 15) is 9.59 Å². The summed E-state index contributed by atoms with van der Waals surface area (Å²) in [5, 5.41) is 2.59. The zero-order valence-corrected chi connectivity index (χ0v) is 17.8. The molecule has 0 aliphatic heterocycles. The molecule has 0 radical (unpaired) electrons. The van der Waals surface area contributed by atoms with Gasteiger partial charge in [0.2, 0.25) is 0 Å². The fourth-order valence-corrected chi connectivity index (χ4v) is 2.63. The van der Waals surface area contributed by atoms with Crippen LogP contribution in [0.1, 0.15) is 32.3 Å². The van der Waals surface area contributed by atoms with Crippen molar-refractivity contribution < 1.29 is 23.8 Å². The number of carbonyl (C=O) groups excluding carboxylic acids is 2. The molecule has 0 aliphatic carbocycles. The molecule has 7 nitrogen and oxygen atoms in total. The summed E-state index contributed by atoms with van der Waals surface area (Å²) in [6.45, 7) is 7.52. The summed E-state index contributed by atoms with van der Waals surface area (Å²) < 4.78 is 16.1. The Hall–Kier alpha value is -3.06. The maximum atomic E-state index is 12.9. The van der Waals surface area contributed by atoms with Gasteiger partial charge in [-0.15, -0.1) is 0 Å². The van der Waals surface area contributed by atoms with Crippen molar-refractivity contribution in [3.63, 3.8) is 0 Å². The topological polar surface area (TPSA) is 77.1 Å². The SMILES string of the molecule is CCCCOCCN(C(=O)Oc1cccc(NC(=O)OCC)c1)c1ccc(C)cc1. The third-order valence-electron chi connectivity index (χ3n) is 4.23. The summed E-state index contributed by atoms with van der Waals surface area (Å²) >= 11 is 0. The minimum absolute atomic E-state index is 0.270. The second-order valence-corrected chi connectivity index (χ2v) is 6.69. The number of anilines is 2. The average molecular weight is 415 g/mol. The van der Waals surface area contributed by atoms with Crippen LogP contribution in [-0.2, 0) is 9.47 Å². The van der Waals surface area contributed by atoms with Crippen LogP contribution in [0.3, 0.4) is 0 Å². The van der Waals surface area contributed by atoms with E-state index in [2.05, 4.69) is 12.2 Å². The molecule has 30 heavy (non-hydrogen) atoms. The number of aryl methyl sites for hydroxylation is 1. The molecule has 0 atom stereocenters. The smallest absolute Gasteiger partial charge is 0.419 e. The molecule has 2 amide bonds. The predicted molar refractivity (Wildman–Crippen MR) is 117 cm³/mol. The van der Waals surface area contributed by atoms with Crippen LogP contribution in [0.25, 0.3) is 0 Å². The zero-order chi connectivity index (χ0) is 21.8. The van der Waals surface area contributed by atoms with E-state index >= 15 is 0 Å². The highest BCUT2D eigenvalue weighted by atomic mass is 16.6. The summed E-state index contributed by atoms with van der Waals surface area (Å²) in [4.78, 5) is 26.0. The van der Waals surface area contributed by atoms with E-state index < -0.39 is 12.2 Å². The van der Waals surface area contributed by atoms with Gasteiger partial charge in [-0.25, -0.2) is 9.59 Å². The first-order valence-electron chi connectivity index (χ1n) is 10.2. The van der Waals surface area contributed by atoms with Gasteiger partial charge < -0.3 is 14.2 Å². The first kappa shape index (κ1) is 23.2. The van der Waals surface area contributed by atoms with Gasteiger partial charge in [-0.3, -0.25) is 10.2 Å². The van der Waals surface area contributed by atoms with Crippen LogP contribution in [0.4, 0.5) is 21.0 Å². The molecule has 0 fully saturated rings. The molecule has 0 heterocycles. The summed E-state index contributed by atoms with van der Waals surface area (Å²) in [7, 11) is 0. The molecule has 0 saturated carbocycles. The minimum atomic E-state index is -0.563. The van der Waals surface area contributed by atoms with E-state index in [1.165, 1.54) is 4.90 Å². The highest BCUT2D eigenvalue weighted by molar-refractivity contribution is 5.89. The summed E-state index contributed by atoms with van der Waals surface area (Å²) in [6.07, 6.45) is 0.951. The first-order valence-corrected chi connectivity index (χ1v) is 10.2. The molecule has 0 spiro atoms. The Morgan fingerprint density at radius 2 is 1.80 bits per heavy atom. The molecular weight excluding hydrogens is 384 g/mol. The molecule has 1 N–H and O–H groups in total. The lowest BCUT2D eigenvalue weighted by atomic mass is 10.2. The van der Waals surface area contributed by atoms with Crippen LogP contribution in [0.15, 0.2) is 48.5 Å². The lowest BCUT2D eigenvalue weighted by Crippen LogP contribution is -2.36. The molecule has 0 unspecified atom stereocenters. The minimum Gasteiger partial charge on any atom is -0.450 e. The van der Waals surface area contributed by atoms with E-state index in [0.29, 0.717) is 31.2 Å². The number of rotatable bonds is 10. The van der Waals surface area contributed by atoms with Crippen molar-refractivity contribution in [1.29, 1.82) is 0 Å². The lowest BCUT2D eigenvalue weighted by molar-refractivity contribution is 0.135. The summed E-state index contributed by atoms with van der Waals surface area (Å²) in [5.41, 5.74) is 2.30. The number of nitrogens with zero attached hydrogens (tertiary/aromatic N) is 1. The molecule has 162 valence electrons. The fraction of sp³-hybridized carbons (Fsp3) is 0.391. The van der Waals surface area contributed by atoms with Crippen molar-refractivity contribution in [3.05, 3.63) is 54.1 Å². The number of hydrogen-bond acceptors (Lipinski definition) is 5. The Labute approximate surface area is 177 Å². The number of nitrogens with one attached hydrogen (secondary N) is 1. The van der Waals surface area contributed by atoms with Crippen LogP contribution in [0.5, 0.6) is 5.75 Å². The number of carbonyl (C=O) groups is 2. The van der Waals surface area contributed by atoms with E-state index in [-0.39, 0.29) is 6.61 Å². The number of hydrogen-bond donors (Lipinski definition) is 1. The van der Waals surface area contributed by atoms with E-state index in [1.54, 1.807) is 31.2 Å². The Bertz CT molecular complexity index is 807. The molecule has 0 aromatic heterocycles. The number of unbranched alkanes of at least 4 members (excludes halogenated alkanes) is 1. The maximum absolute atomic E-state index is 12.9. The van der Waals surface area contributed by atoms with E-state index in [1.807, 2.05) is 31.2 Å². The zero-order valence-electron chi connectivity index (χ0n) is 17.8. The Kier molecular flexibility index (Phi) is 9.67. The van der Waals surface area contributed by atoms with E-state index in [0.717, 1.165) is 24.1 Å². The van der Waals surface area contributed by atoms with Gasteiger partial charge in [0.05, 0.1) is 19.8 Å². The van der Waals surface area contributed by atoms with Crippen molar-refractivity contribution >= 4 is 23.6 Å². The van der Waals surface area contributed by atoms with Crippen molar-refractivity contribution in [2.45, 2.75) is 33.6 Å². The largest absolute Gasteiger partial charge is 0.450 e. The monoisotopic (exact) mass is 414 g/mol. The normalized spacial score (nSPS) is 10.4. The van der Waals surface area contributed by atoms with Gasteiger partial charge in [-0.1, -0.05) is 37.1 Å². The number of amides is 2. The fourth-order valence-electron chi connectivity index (χ4n) is 2.63. The first-order chi connectivity index (χ1) is 14.5. The van der Waals surface area contributed by atoms with Gasteiger partial charge in [-0.05, 0) is 44.5 Å². The quantitative estimate of drug-likeness (QED) is 0.528. The highest BCUT2D eigenvalue weighted by Gasteiger charge is 2.18. The highest BCUT2D eigenvalue weighted by Crippen LogP contribution is 2.21. The molecule has 7 heteroatoms. The van der Waals surface area contributed by atoms with Crippen LogP contribution >= 0.6 is 0 Å². The Morgan fingerprint density at radius 1 is 1.03 bits per heavy atom. The van der Waals surface area contributed by atoms with Crippen molar-refractivity contribution in [2.24, 2.45) is 0 Å². The molecular formula is C23H30N2O5. The van der Waals surface area contributed by atoms with Gasteiger partial charge in [0.1, 0.15) is 5.75 Å². The van der Waals surface area contributed by atoms with Gasteiger partial charge >= 0.3 is 12.2 Å². The van der Waals surface area contributed by atoms with Crippen LogP contribution in [0.2, 0.25) is 0 Å². The van der Waals surface area contributed by atoms with Crippen LogP contribution in [0, 0.1) is 6.92 Å². The molecule has 0 saturated heterocycles. The van der Waals surface area contributed by atoms with Gasteiger partial charge in [0, 0.05) is 24.0 Å². The van der Waals surface area contributed by atoms with Gasteiger partial charge in [-0.2, -0.15) is 0 Å². The molecule has 2 aromatic carbocycles. The number of ether oxygens (including phenoxy) is 3. The third kappa shape index (κ3) is 7.75. The lowest BCUT2D eigenvalue weighted by Gasteiger charge is -2.22. The Morgan fingerprint density at radius 3 is 2.50 bits per heavy atom.